The van der Waals surface area contributed by atoms with Gasteiger partial charge in [-0.1, -0.05) is 83.2 Å². The van der Waals surface area contributed by atoms with Gasteiger partial charge in [0.25, 0.3) is 0 Å². The summed E-state index contributed by atoms with van der Waals surface area (Å²) in [6.45, 7) is 31.7. The first-order chi connectivity index (χ1) is 42.6. The molecule has 13 atom stereocenters. The molecule has 15 fully saturated rings. The Hall–Kier alpha value is -6.09. The second-order valence-electron chi connectivity index (χ2n) is 30.0. The Morgan fingerprint density at radius 2 is 1.28 bits per heavy atom. The molecule has 490 valence electrons. The number of esters is 6. The molecule has 17 heteroatoms. The average molecular weight is 1240 g/mol. The third-order valence-electron chi connectivity index (χ3n) is 22.4. The monoisotopic (exact) mass is 1240 g/mol. The van der Waals surface area contributed by atoms with E-state index in [9.17, 15) is 39.1 Å². The fourth-order valence-electron chi connectivity index (χ4n) is 18.7. The zero-order valence-corrected chi connectivity index (χ0v) is 54.2. The molecule has 0 amide bonds. The van der Waals surface area contributed by atoms with E-state index in [0.717, 1.165) is 73.7 Å². The van der Waals surface area contributed by atoms with Gasteiger partial charge >= 0.3 is 35.8 Å². The highest BCUT2D eigenvalue weighted by molar-refractivity contribution is 5.89. The highest BCUT2D eigenvalue weighted by Crippen LogP contribution is 2.65. The molecule has 16 rings (SSSR count). The lowest BCUT2D eigenvalue weighted by atomic mass is 9.46. The molecule has 90 heavy (non-hydrogen) atoms. The first-order valence-electron chi connectivity index (χ1n) is 33.3. The van der Waals surface area contributed by atoms with E-state index in [-0.39, 0.29) is 65.2 Å². The van der Waals surface area contributed by atoms with Crippen molar-refractivity contribution in [3.05, 3.63) is 85.0 Å². The summed E-state index contributed by atoms with van der Waals surface area (Å²) < 4.78 is 49.6. The second-order valence-corrected chi connectivity index (χ2v) is 30.0. The summed E-state index contributed by atoms with van der Waals surface area (Å²) in [5.41, 5.74) is 0.660. The summed E-state index contributed by atoms with van der Waals surface area (Å²) in [7, 11) is 0. The van der Waals surface area contributed by atoms with Crippen LogP contribution >= 0.6 is 0 Å². The number of nitrogens with zero attached hydrogens (tertiary/aromatic N) is 1. The van der Waals surface area contributed by atoms with Crippen LogP contribution in [0.2, 0.25) is 0 Å². The molecule has 11 aliphatic carbocycles. The van der Waals surface area contributed by atoms with Crippen LogP contribution < -0.4 is 4.74 Å². The van der Waals surface area contributed by atoms with Crippen molar-refractivity contribution in [1.29, 1.82) is 5.26 Å². The summed E-state index contributed by atoms with van der Waals surface area (Å²) in [6, 6.07) is 10.0. The van der Waals surface area contributed by atoms with E-state index in [0.29, 0.717) is 53.4 Å². The Kier molecular flexibility index (Phi) is 19.7. The van der Waals surface area contributed by atoms with E-state index in [1.165, 1.54) is 83.5 Å². The number of ether oxygens (including phenoxy) is 9. The molecular weight excluding hydrogens is 1150 g/mol. The molecule has 1 aromatic rings. The highest BCUT2D eigenvalue weighted by atomic mass is 16.7. The smallest absolute Gasteiger partial charge is 0.333 e. The Morgan fingerprint density at radius 3 is 1.82 bits per heavy atom. The lowest BCUT2D eigenvalue weighted by Gasteiger charge is -2.61. The Morgan fingerprint density at radius 1 is 0.711 bits per heavy atom. The molecule has 17 nitrogen and oxygen atoms in total. The standard InChI is InChI=1S/C18H26O2.C17H26O2.C14H20O3.C13H13NO4.C11H12O5/c1-3-16-9-11-18(12-10-16)20-15(2)19-14-13-17-7-5-4-6-8-17;1-11(2)15(18)19-16(3,4)17-8-12-5-13(9-17)7-14(6-12)10-17;1-9(2)12(15)17-14-6-10-3-11(7-14)5-13(16,4-10)8-14;1-6(2)11(15)17-9-7-3-8-10(9)18-12(16)13(8,4-7)5-14;1-4(2)10(12)15-8-6-3-5-7(14-6)9(8)16-11(5)13/h3,9-12,15,17H,1,4-8,13-14H2,2H3;12-14H,1,5-10H2,2-4H3;10-11,16H,1,3-8H2,2H3;7-10H,1,3-4H2,2H3;5-9H,1,3H2,2H3. The largest absolute Gasteiger partial charge is 0.465 e. The van der Waals surface area contributed by atoms with Gasteiger partial charge < -0.3 is 47.7 Å². The molecule has 12 bridgehead atoms. The van der Waals surface area contributed by atoms with Crippen LogP contribution in [0, 0.1) is 75.4 Å². The van der Waals surface area contributed by atoms with Crippen LogP contribution in [0.15, 0.2) is 79.5 Å². The molecule has 0 aromatic heterocycles. The number of hydrogen-bond donors (Lipinski definition) is 1. The van der Waals surface area contributed by atoms with Crippen molar-refractivity contribution in [2.45, 2.75) is 243 Å². The van der Waals surface area contributed by atoms with Gasteiger partial charge in [-0.15, -0.1) is 0 Å². The van der Waals surface area contributed by atoms with Crippen LogP contribution in [0.25, 0.3) is 6.08 Å². The molecule has 0 spiro atoms. The Labute approximate surface area is 532 Å². The number of nitriles is 1. The van der Waals surface area contributed by atoms with Crippen LogP contribution in [0.5, 0.6) is 5.75 Å². The van der Waals surface area contributed by atoms with Crippen molar-refractivity contribution in [3.8, 4) is 11.8 Å². The lowest BCUT2D eigenvalue weighted by Crippen LogP contribution is -2.60. The van der Waals surface area contributed by atoms with Crippen LogP contribution in [-0.2, 0) is 66.7 Å². The topological polar surface area (TPSA) is 230 Å². The molecule has 1 N–H and O–H groups in total. The third-order valence-corrected chi connectivity index (χ3v) is 22.4. The molecule has 4 heterocycles. The predicted molar refractivity (Wildman–Crippen MR) is 333 cm³/mol. The van der Waals surface area contributed by atoms with E-state index >= 15 is 0 Å². The number of hydrogen-bond acceptors (Lipinski definition) is 17. The van der Waals surface area contributed by atoms with Gasteiger partial charge in [0.1, 0.15) is 35.3 Å². The number of aliphatic hydroxyl groups is 1. The molecular formula is C73H97NO16. The van der Waals surface area contributed by atoms with Gasteiger partial charge in [0.2, 0.25) is 0 Å². The quantitative estimate of drug-likeness (QED) is 0.0702. The van der Waals surface area contributed by atoms with E-state index in [2.05, 4.69) is 52.8 Å². The van der Waals surface area contributed by atoms with Crippen LogP contribution in [0.1, 0.15) is 189 Å². The van der Waals surface area contributed by atoms with E-state index in [1.54, 1.807) is 27.7 Å². The van der Waals surface area contributed by atoms with Gasteiger partial charge in [0.05, 0.1) is 30.3 Å². The third kappa shape index (κ3) is 14.0. The fourth-order valence-corrected chi connectivity index (χ4v) is 18.7. The van der Waals surface area contributed by atoms with E-state index in [4.69, 9.17) is 42.6 Å². The Bertz CT molecular complexity index is 2970. The van der Waals surface area contributed by atoms with Gasteiger partial charge in [-0.25, -0.2) is 19.2 Å². The maximum Gasteiger partial charge on any atom is 0.333 e. The zero-order valence-electron chi connectivity index (χ0n) is 54.2. The zero-order chi connectivity index (χ0) is 64.8. The van der Waals surface area contributed by atoms with Gasteiger partial charge in [-0.05, 0) is 198 Å². The van der Waals surface area contributed by atoms with Gasteiger partial charge in [-0.3, -0.25) is 9.59 Å². The molecule has 13 unspecified atom stereocenters. The minimum absolute atomic E-state index is 0.0504. The summed E-state index contributed by atoms with van der Waals surface area (Å²) in [4.78, 5) is 69.8. The minimum Gasteiger partial charge on any atom is -0.465 e. The number of rotatable bonds is 16. The fraction of sp³-hybridized carbons (Fsp3) is 0.685. The van der Waals surface area contributed by atoms with Crippen molar-refractivity contribution < 1.29 is 76.5 Å². The summed E-state index contributed by atoms with van der Waals surface area (Å²) in [5.74, 6) is 3.10. The summed E-state index contributed by atoms with van der Waals surface area (Å²) in [6.07, 6.45) is 22.9. The summed E-state index contributed by atoms with van der Waals surface area (Å²) >= 11 is 0. The van der Waals surface area contributed by atoms with Crippen molar-refractivity contribution in [3.63, 3.8) is 0 Å². The van der Waals surface area contributed by atoms with Gasteiger partial charge in [-0.2, -0.15) is 5.26 Å². The first kappa shape index (κ1) is 66.8. The number of benzene rings is 1. The maximum atomic E-state index is 11.9. The average Bonchev–Trinajstić information content (AvgIpc) is 1.42. The van der Waals surface area contributed by atoms with Crippen molar-refractivity contribution >= 4 is 41.9 Å². The van der Waals surface area contributed by atoms with Gasteiger partial charge in [0, 0.05) is 46.0 Å². The number of carbonyl (C=O) groups excluding carboxylic acids is 6. The minimum atomic E-state index is -0.985. The van der Waals surface area contributed by atoms with E-state index in [1.807, 2.05) is 37.3 Å². The van der Waals surface area contributed by atoms with Crippen molar-refractivity contribution in [2.24, 2.45) is 64.1 Å². The van der Waals surface area contributed by atoms with Gasteiger partial charge in [0.15, 0.2) is 23.9 Å². The highest BCUT2D eigenvalue weighted by Gasteiger charge is 2.72. The van der Waals surface area contributed by atoms with Crippen molar-refractivity contribution in [1.82, 2.24) is 0 Å². The van der Waals surface area contributed by atoms with Crippen LogP contribution in [-0.4, -0.2) is 107 Å². The molecule has 4 saturated heterocycles. The molecule has 4 aliphatic heterocycles. The molecule has 11 saturated carbocycles. The van der Waals surface area contributed by atoms with Crippen LogP contribution in [0.3, 0.4) is 0 Å². The van der Waals surface area contributed by atoms with Crippen LogP contribution in [0.4, 0.5) is 0 Å². The summed E-state index contributed by atoms with van der Waals surface area (Å²) in [5, 5.41) is 19.7. The molecule has 1 aromatic carbocycles. The Balaban J connectivity index is 0.000000124. The van der Waals surface area contributed by atoms with E-state index < -0.39 is 58.9 Å². The normalized spacial score (nSPS) is 37.7. The number of carbonyl (C=O) groups is 6. The molecule has 15 aliphatic rings. The predicted octanol–water partition coefficient (Wildman–Crippen LogP) is 12.5. The maximum absolute atomic E-state index is 11.9. The first-order valence-corrected chi connectivity index (χ1v) is 33.3. The lowest BCUT2D eigenvalue weighted by molar-refractivity contribution is -0.217. The molecule has 0 radical (unpaired) electrons. The number of fused-ring (bicyclic) bond motifs is 2. The second kappa shape index (κ2) is 26.5. The van der Waals surface area contributed by atoms with Crippen molar-refractivity contribution in [2.75, 3.05) is 6.61 Å². The SMILES string of the molecule is C=C(C)C(=O)OC(C)(C)C12CC3CC(CC(C3)C1)C2.C=C(C)C(=O)OC12CC3CC(CC(O)(C3)C1)C2.C=C(C)C(=O)OC1C2CC3C(=O)OC1C3O2.C=C(C)C(=O)OC1C2CC3C1OC(=O)C3(C#N)C2.C=Cc1ccc(OC(C)OCCC2CCCCC2)cc1.